The number of hydrazone groups is 1. The molecule has 1 rings (SSSR count). The van der Waals surface area contributed by atoms with Gasteiger partial charge in [0.15, 0.2) is 0 Å². The first-order chi connectivity index (χ1) is 10.8. The molecular formula is C15H19ClN4O3. The zero-order chi connectivity index (χ0) is 17.4. The molecule has 0 aliphatic heterocycles. The third kappa shape index (κ3) is 6.92. The molecular weight excluding hydrogens is 320 g/mol. The van der Waals surface area contributed by atoms with Crippen molar-refractivity contribution in [1.29, 1.82) is 0 Å². The highest BCUT2D eigenvalue weighted by molar-refractivity contribution is 6.31. The lowest BCUT2D eigenvalue weighted by Crippen LogP contribution is -2.23. The number of nitrogens with zero attached hydrogens (tertiary/aromatic N) is 1. The number of primary amides is 1. The smallest absolute Gasteiger partial charge is 0.240 e. The van der Waals surface area contributed by atoms with Crippen LogP contribution in [0.1, 0.15) is 31.7 Å². The molecule has 0 unspecified atom stereocenters. The maximum absolute atomic E-state index is 11.8. The Bertz CT molecular complexity index is 644. The Hall–Kier alpha value is -2.41. The molecule has 0 aromatic heterocycles. The molecule has 1 aromatic carbocycles. The molecule has 23 heavy (non-hydrogen) atoms. The Morgan fingerprint density at radius 1 is 1.22 bits per heavy atom. The van der Waals surface area contributed by atoms with E-state index in [-0.39, 0.29) is 25.2 Å². The fraction of sp³-hybridized carbons (Fsp3) is 0.333. The van der Waals surface area contributed by atoms with Gasteiger partial charge in [-0.25, -0.2) is 5.43 Å². The minimum atomic E-state index is -0.531. The summed E-state index contributed by atoms with van der Waals surface area (Å²) >= 11 is 5.97. The first-order valence-corrected chi connectivity index (χ1v) is 7.32. The van der Waals surface area contributed by atoms with Crippen LogP contribution in [0.4, 0.5) is 5.69 Å². The van der Waals surface area contributed by atoms with Crippen LogP contribution in [0.25, 0.3) is 0 Å². The van der Waals surface area contributed by atoms with Gasteiger partial charge in [-0.3, -0.25) is 14.4 Å². The van der Waals surface area contributed by atoms with Crippen molar-refractivity contribution in [3.05, 3.63) is 28.8 Å². The fourth-order valence-electron chi connectivity index (χ4n) is 1.69. The molecule has 0 aliphatic rings. The van der Waals surface area contributed by atoms with Crippen molar-refractivity contribution in [1.82, 2.24) is 5.43 Å². The third-order valence-corrected chi connectivity index (χ3v) is 3.33. The maximum Gasteiger partial charge on any atom is 0.240 e. The van der Waals surface area contributed by atoms with Gasteiger partial charge in [0.05, 0.1) is 6.42 Å². The molecule has 0 aliphatic carbocycles. The number of anilines is 1. The third-order valence-electron chi connectivity index (χ3n) is 2.92. The van der Waals surface area contributed by atoms with Crippen LogP contribution >= 0.6 is 11.6 Å². The molecule has 0 bridgehead atoms. The number of rotatable bonds is 7. The Kier molecular flexibility index (Phi) is 7.21. The number of nitrogens with two attached hydrogens (primary N) is 1. The highest BCUT2D eigenvalue weighted by Crippen LogP contribution is 2.22. The fourth-order valence-corrected chi connectivity index (χ4v) is 1.86. The van der Waals surface area contributed by atoms with Gasteiger partial charge in [-0.15, -0.1) is 0 Å². The molecule has 3 amide bonds. The number of benzene rings is 1. The SMILES string of the molecule is C/C(CC(N)=O)=N/NC(=O)CCC(=O)Nc1cccc(Cl)c1C. The number of carbonyl (C=O) groups excluding carboxylic acids is 3. The number of amides is 3. The molecule has 0 fully saturated rings. The lowest BCUT2D eigenvalue weighted by Gasteiger charge is -2.09. The van der Waals surface area contributed by atoms with Crippen molar-refractivity contribution in [2.24, 2.45) is 10.8 Å². The summed E-state index contributed by atoms with van der Waals surface area (Å²) in [6.45, 7) is 3.36. The first-order valence-electron chi connectivity index (χ1n) is 6.95. The summed E-state index contributed by atoms with van der Waals surface area (Å²) in [5, 5.41) is 6.97. The van der Waals surface area contributed by atoms with Crippen LogP contribution in [0.3, 0.4) is 0 Å². The molecule has 124 valence electrons. The van der Waals surface area contributed by atoms with Crippen LogP contribution in [0.2, 0.25) is 5.02 Å². The van der Waals surface area contributed by atoms with E-state index in [1.54, 1.807) is 32.0 Å². The Balaban J connectivity index is 2.42. The van der Waals surface area contributed by atoms with E-state index in [9.17, 15) is 14.4 Å². The summed E-state index contributed by atoms with van der Waals surface area (Å²) in [6, 6.07) is 5.19. The van der Waals surface area contributed by atoms with E-state index >= 15 is 0 Å². The Morgan fingerprint density at radius 2 is 1.87 bits per heavy atom. The van der Waals surface area contributed by atoms with Crippen LogP contribution in [-0.4, -0.2) is 23.4 Å². The topological polar surface area (TPSA) is 114 Å². The largest absolute Gasteiger partial charge is 0.369 e. The second-order valence-electron chi connectivity index (χ2n) is 4.99. The monoisotopic (exact) mass is 338 g/mol. The molecule has 0 spiro atoms. The molecule has 0 heterocycles. The summed E-state index contributed by atoms with van der Waals surface area (Å²) in [5.41, 5.74) is 9.03. The van der Waals surface area contributed by atoms with Crippen molar-refractivity contribution >= 4 is 40.7 Å². The van der Waals surface area contributed by atoms with E-state index in [4.69, 9.17) is 17.3 Å². The summed E-state index contributed by atoms with van der Waals surface area (Å²) < 4.78 is 0. The van der Waals surface area contributed by atoms with E-state index in [0.29, 0.717) is 16.4 Å². The summed E-state index contributed by atoms with van der Waals surface area (Å²) in [5.74, 6) is -1.26. The number of carbonyl (C=O) groups is 3. The van der Waals surface area contributed by atoms with Gasteiger partial charge in [0, 0.05) is 29.3 Å². The first kappa shape index (κ1) is 18.6. The van der Waals surface area contributed by atoms with Gasteiger partial charge in [0.2, 0.25) is 17.7 Å². The van der Waals surface area contributed by atoms with Crippen molar-refractivity contribution < 1.29 is 14.4 Å². The van der Waals surface area contributed by atoms with Gasteiger partial charge in [0.1, 0.15) is 0 Å². The number of hydrogen-bond acceptors (Lipinski definition) is 4. The summed E-state index contributed by atoms with van der Waals surface area (Å²) in [6.07, 6.45) is -0.0597. The average molecular weight is 339 g/mol. The normalized spacial score (nSPS) is 11.0. The molecule has 0 saturated carbocycles. The number of nitrogens with one attached hydrogen (secondary N) is 2. The molecule has 4 N–H and O–H groups in total. The Labute approximate surface area is 139 Å². The lowest BCUT2D eigenvalue weighted by atomic mass is 10.2. The second kappa shape index (κ2) is 8.89. The van der Waals surface area contributed by atoms with Crippen LogP contribution in [0.15, 0.2) is 23.3 Å². The van der Waals surface area contributed by atoms with Crippen molar-refractivity contribution in [3.8, 4) is 0 Å². The predicted octanol–water partition coefficient (Wildman–Crippen LogP) is 1.73. The predicted molar refractivity (Wildman–Crippen MR) is 89.1 cm³/mol. The molecule has 8 heteroatoms. The van der Waals surface area contributed by atoms with Gasteiger partial charge < -0.3 is 11.1 Å². The van der Waals surface area contributed by atoms with Crippen LogP contribution < -0.4 is 16.5 Å². The molecule has 1 aromatic rings. The van der Waals surface area contributed by atoms with Gasteiger partial charge in [-0.05, 0) is 31.5 Å². The minimum Gasteiger partial charge on any atom is -0.369 e. The van der Waals surface area contributed by atoms with Crippen molar-refractivity contribution in [2.75, 3.05) is 5.32 Å². The average Bonchev–Trinajstić information content (AvgIpc) is 2.47. The van der Waals surface area contributed by atoms with Crippen molar-refractivity contribution in [3.63, 3.8) is 0 Å². The second-order valence-corrected chi connectivity index (χ2v) is 5.39. The lowest BCUT2D eigenvalue weighted by molar-refractivity contribution is -0.124. The molecule has 0 radical (unpaired) electrons. The highest BCUT2D eigenvalue weighted by Gasteiger charge is 2.09. The zero-order valence-corrected chi connectivity index (χ0v) is 13.7. The summed E-state index contributed by atoms with van der Waals surface area (Å²) in [7, 11) is 0. The van der Waals surface area contributed by atoms with Gasteiger partial charge in [0.25, 0.3) is 0 Å². The van der Waals surface area contributed by atoms with E-state index < -0.39 is 11.8 Å². The highest BCUT2D eigenvalue weighted by atomic mass is 35.5. The van der Waals surface area contributed by atoms with E-state index in [2.05, 4.69) is 15.8 Å². The molecule has 7 nitrogen and oxygen atoms in total. The van der Waals surface area contributed by atoms with Crippen LogP contribution in [0.5, 0.6) is 0 Å². The molecule has 0 atom stereocenters. The molecule has 0 saturated heterocycles. The standard InChI is InChI=1S/C15H19ClN4O3/c1-9(8-13(17)21)19-20-15(23)7-6-14(22)18-12-5-3-4-11(16)10(12)2/h3-5H,6-8H2,1-2H3,(H2,17,21)(H,18,22)(H,20,23)/b19-9-. The van der Waals surface area contributed by atoms with Gasteiger partial charge in [-0.2, -0.15) is 5.10 Å². The minimum absolute atomic E-state index is 0.00216. The van der Waals surface area contributed by atoms with Crippen LogP contribution in [0, 0.1) is 6.92 Å². The van der Waals surface area contributed by atoms with E-state index in [1.807, 2.05) is 0 Å². The van der Waals surface area contributed by atoms with E-state index in [1.165, 1.54) is 0 Å². The van der Waals surface area contributed by atoms with Gasteiger partial charge >= 0.3 is 0 Å². The van der Waals surface area contributed by atoms with Crippen LogP contribution in [-0.2, 0) is 14.4 Å². The zero-order valence-electron chi connectivity index (χ0n) is 13.0. The maximum atomic E-state index is 11.8. The van der Waals surface area contributed by atoms with Crippen molar-refractivity contribution in [2.45, 2.75) is 33.1 Å². The summed E-state index contributed by atoms with van der Waals surface area (Å²) in [4.78, 5) is 34.1. The van der Waals surface area contributed by atoms with E-state index in [0.717, 1.165) is 5.56 Å². The Morgan fingerprint density at radius 3 is 2.52 bits per heavy atom. The number of halogens is 1. The quantitative estimate of drug-likeness (QED) is 0.519. The number of hydrogen-bond donors (Lipinski definition) is 3. The van der Waals surface area contributed by atoms with Gasteiger partial charge in [-0.1, -0.05) is 17.7 Å².